The van der Waals surface area contributed by atoms with Crippen LogP contribution in [0, 0.1) is 0 Å². The lowest BCUT2D eigenvalue weighted by atomic mass is 10.0. The minimum Gasteiger partial charge on any atom is -0.166 e. The molecule has 90 valence electrons. The van der Waals surface area contributed by atoms with Crippen molar-refractivity contribution in [2.75, 3.05) is 0 Å². The maximum Gasteiger partial charge on any atom is 0.416 e. The van der Waals surface area contributed by atoms with Crippen LogP contribution in [0.4, 0.5) is 26.3 Å². The number of alkyl halides is 6. The Hall–Kier alpha value is -1.20. The van der Waals surface area contributed by atoms with Crippen molar-refractivity contribution in [1.29, 1.82) is 0 Å². The predicted molar refractivity (Wildman–Crippen MR) is 45.8 cm³/mol. The molecule has 0 fully saturated rings. The van der Waals surface area contributed by atoms with Gasteiger partial charge in [0.15, 0.2) is 0 Å². The minimum absolute atomic E-state index is 0.0159. The first kappa shape index (κ1) is 12.9. The molecule has 0 nitrogen and oxygen atoms in total. The van der Waals surface area contributed by atoms with Gasteiger partial charge in [0.25, 0.3) is 0 Å². The standard InChI is InChI=1S/C10H8F6/c1-2-6-3-7(9(11,12)13)5-8(4-6)10(14,15)16/h3-5H,2H2,1H3. The quantitative estimate of drug-likeness (QED) is 0.644. The first-order valence-corrected chi connectivity index (χ1v) is 4.43. The van der Waals surface area contributed by atoms with Crippen LogP contribution in [-0.4, -0.2) is 0 Å². The smallest absolute Gasteiger partial charge is 0.166 e. The van der Waals surface area contributed by atoms with Gasteiger partial charge in [-0.2, -0.15) is 26.3 Å². The number of aryl methyl sites for hydroxylation is 1. The normalized spacial score (nSPS) is 12.9. The van der Waals surface area contributed by atoms with E-state index >= 15 is 0 Å². The number of rotatable bonds is 1. The van der Waals surface area contributed by atoms with Crippen molar-refractivity contribution in [3.8, 4) is 0 Å². The van der Waals surface area contributed by atoms with E-state index in [-0.39, 0.29) is 18.1 Å². The summed E-state index contributed by atoms with van der Waals surface area (Å²) < 4.78 is 73.8. The summed E-state index contributed by atoms with van der Waals surface area (Å²) in [6.07, 6.45) is -9.40. The molecule has 0 aliphatic heterocycles. The van der Waals surface area contributed by atoms with Crippen molar-refractivity contribution < 1.29 is 26.3 Å². The van der Waals surface area contributed by atoms with Gasteiger partial charge in [-0.25, -0.2) is 0 Å². The average molecular weight is 242 g/mol. The van der Waals surface area contributed by atoms with Crippen LogP contribution in [0.25, 0.3) is 0 Å². The highest BCUT2D eigenvalue weighted by Gasteiger charge is 2.36. The van der Waals surface area contributed by atoms with Crippen molar-refractivity contribution in [2.24, 2.45) is 0 Å². The summed E-state index contributed by atoms with van der Waals surface area (Å²) in [5, 5.41) is 0. The minimum atomic E-state index is -4.76. The summed E-state index contributed by atoms with van der Waals surface area (Å²) in [6.45, 7) is 1.50. The molecule has 0 atom stereocenters. The summed E-state index contributed by atoms with van der Waals surface area (Å²) in [6, 6.07) is 1.59. The molecule has 0 aromatic heterocycles. The molecule has 0 aliphatic carbocycles. The van der Waals surface area contributed by atoms with Gasteiger partial charge in [0.2, 0.25) is 0 Å². The fourth-order valence-electron chi connectivity index (χ4n) is 1.22. The second kappa shape index (κ2) is 3.99. The lowest BCUT2D eigenvalue weighted by Crippen LogP contribution is -2.11. The second-order valence-corrected chi connectivity index (χ2v) is 3.27. The van der Waals surface area contributed by atoms with Crippen molar-refractivity contribution in [3.05, 3.63) is 34.9 Å². The fourth-order valence-corrected chi connectivity index (χ4v) is 1.22. The van der Waals surface area contributed by atoms with Gasteiger partial charge >= 0.3 is 12.4 Å². The van der Waals surface area contributed by atoms with Crippen molar-refractivity contribution in [1.82, 2.24) is 0 Å². The Labute approximate surface area is 87.9 Å². The average Bonchev–Trinajstić information content (AvgIpc) is 2.14. The molecule has 0 amide bonds. The maximum atomic E-state index is 12.3. The molecule has 0 N–H and O–H groups in total. The van der Waals surface area contributed by atoms with Gasteiger partial charge in [-0.15, -0.1) is 0 Å². The van der Waals surface area contributed by atoms with Gasteiger partial charge < -0.3 is 0 Å². The molecule has 6 heteroatoms. The van der Waals surface area contributed by atoms with Gasteiger partial charge in [0.1, 0.15) is 0 Å². The van der Waals surface area contributed by atoms with E-state index in [1.807, 2.05) is 0 Å². The van der Waals surface area contributed by atoms with Crippen LogP contribution in [0.15, 0.2) is 18.2 Å². The molecular formula is C10H8F6. The topological polar surface area (TPSA) is 0 Å². The Morgan fingerprint density at radius 3 is 1.44 bits per heavy atom. The van der Waals surface area contributed by atoms with Crippen molar-refractivity contribution >= 4 is 0 Å². The Bertz CT molecular complexity index is 342. The van der Waals surface area contributed by atoms with E-state index in [2.05, 4.69) is 0 Å². The van der Waals surface area contributed by atoms with E-state index in [4.69, 9.17) is 0 Å². The van der Waals surface area contributed by atoms with Crippen molar-refractivity contribution in [3.63, 3.8) is 0 Å². The molecule has 1 aromatic carbocycles. The molecule has 0 radical (unpaired) electrons. The van der Waals surface area contributed by atoms with Gasteiger partial charge in [0, 0.05) is 0 Å². The molecule has 0 saturated carbocycles. The highest BCUT2D eigenvalue weighted by molar-refractivity contribution is 5.33. The Morgan fingerprint density at radius 2 is 1.19 bits per heavy atom. The zero-order chi connectivity index (χ0) is 12.6. The molecule has 1 rings (SSSR count). The van der Waals surface area contributed by atoms with E-state index in [9.17, 15) is 26.3 Å². The number of halogens is 6. The third kappa shape index (κ3) is 2.90. The molecule has 0 saturated heterocycles. The Balaban J connectivity index is 3.33. The maximum absolute atomic E-state index is 12.3. The second-order valence-electron chi connectivity index (χ2n) is 3.27. The number of benzene rings is 1. The number of hydrogen-bond donors (Lipinski definition) is 0. The zero-order valence-electron chi connectivity index (χ0n) is 8.21. The van der Waals surface area contributed by atoms with E-state index in [0.29, 0.717) is 0 Å². The van der Waals surface area contributed by atoms with E-state index in [0.717, 1.165) is 12.1 Å². The lowest BCUT2D eigenvalue weighted by Gasteiger charge is -2.13. The Kier molecular flexibility index (Phi) is 3.21. The molecule has 0 heterocycles. The summed E-state index contributed by atoms with van der Waals surface area (Å²) in [5.41, 5.74) is -2.51. The summed E-state index contributed by atoms with van der Waals surface area (Å²) in [7, 11) is 0. The van der Waals surface area contributed by atoms with Gasteiger partial charge in [-0.3, -0.25) is 0 Å². The van der Waals surface area contributed by atoms with Crippen LogP contribution in [-0.2, 0) is 18.8 Å². The summed E-state index contributed by atoms with van der Waals surface area (Å²) in [4.78, 5) is 0. The first-order chi connectivity index (χ1) is 7.14. The van der Waals surface area contributed by atoms with Crippen LogP contribution in [0.5, 0.6) is 0 Å². The van der Waals surface area contributed by atoms with E-state index < -0.39 is 23.5 Å². The van der Waals surface area contributed by atoms with Gasteiger partial charge in [-0.05, 0) is 30.2 Å². The highest BCUT2D eigenvalue weighted by atomic mass is 19.4. The van der Waals surface area contributed by atoms with Crippen LogP contribution < -0.4 is 0 Å². The van der Waals surface area contributed by atoms with E-state index in [1.54, 1.807) is 0 Å². The summed E-state index contributed by atoms with van der Waals surface area (Å²) in [5.74, 6) is 0. The van der Waals surface area contributed by atoms with Crippen LogP contribution in [0.1, 0.15) is 23.6 Å². The molecule has 0 aliphatic rings. The first-order valence-electron chi connectivity index (χ1n) is 4.43. The van der Waals surface area contributed by atoms with Gasteiger partial charge in [-0.1, -0.05) is 6.92 Å². The van der Waals surface area contributed by atoms with Crippen molar-refractivity contribution in [2.45, 2.75) is 25.7 Å². The number of hydrogen-bond acceptors (Lipinski definition) is 0. The van der Waals surface area contributed by atoms with Crippen LogP contribution >= 0.6 is 0 Å². The lowest BCUT2D eigenvalue weighted by molar-refractivity contribution is -0.143. The highest BCUT2D eigenvalue weighted by Crippen LogP contribution is 2.36. The summed E-state index contributed by atoms with van der Waals surface area (Å²) >= 11 is 0. The molecule has 0 unspecified atom stereocenters. The predicted octanol–water partition coefficient (Wildman–Crippen LogP) is 4.29. The third-order valence-corrected chi connectivity index (χ3v) is 2.06. The van der Waals surface area contributed by atoms with E-state index in [1.165, 1.54) is 6.92 Å². The monoisotopic (exact) mass is 242 g/mol. The molecule has 1 aromatic rings. The fraction of sp³-hybridized carbons (Fsp3) is 0.400. The van der Waals surface area contributed by atoms with Crippen LogP contribution in [0.3, 0.4) is 0 Å². The molecule has 0 spiro atoms. The molecule has 0 bridgehead atoms. The van der Waals surface area contributed by atoms with Crippen LogP contribution in [0.2, 0.25) is 0 Å². The Morgan fingerprint density at radius 1 is 0.812 bits per heavy atom. The largest absolute Gasteiger partial charge is 0.416 e. The zero-order valence-corrected chi connectivity index (χ0v) is 8.21. The SMILES string of the molecule is CCc1cc(C(F)(F)F)cc(C(F)(F)F)c1. The third-order valence-electron chi connectivity index (χ3n) is 2.06. The molecule has 16 heavy (non-hydrogen) atoms. The van der Waals surface area contributed by atoms with Gasteiger partial charge in [0.05, 0.1) is 11.1 Å². The molecular weight excluding hydrogens is 234 g/mol.